The maximum Gasteiger partial charge on any atom is 0.212 e. The standard InChI is InChI=1S/C10H13N3OS/c1-5-8(6(2)14)15-10-11-9(7-3-4-7)12-13(5)10/h6-7,14H,3-4H2,1-2H3. The van der Waals surface area contributed by atoms with E-state index in [4.69, 9.17) is 0 Å². The van der Waals surface area contributed by atoms with E-state index < -0.39 is 6.10 Å². The van der Waals surface area contributed by atoms with Gasteiger partial charge < -0.3 is 5.11 Å². The van der Waals surface area contributed by atoms with E-state index in [1.165, 1.54) is 24.2 Å². The summed E-state index contributed by atoms with van der Waals surface area (Å²) in [4.78, 5) is 6.37. The van der Waals surface area contributed by atoms with Crippen LogP contribution in [0.25, 0.3) is 4.96 Å². The van der Waals surface area contributed by atoms with Crippen LogP contribution in [0.1, 0.15) is 48.2 Å². The number of rotatable bonds is 2. The number of fused-ring (bicyclic) bond motifs is 1. The van der Waals surface area contributed by atoms with E-state index in [9.17, 15) is 5.11 Å². The summed E-state index contributed by atoms with van der Waals surface area (Å²) in [6.45, 7) is 3.76. The Balaban J connectivity index is 2.13. The minimum absolute atomic E-state index is 0.428. The molecule has 1 aliphatic rings. The van der Waals surface area contributed by atoms with Crippen LogP contribution in [0.5, 0.6) is 0 Å². The van der Waals surface area contributed by atoms with Crippen molar-refractivity contribution in [3.05, 3.63) is 16.4 Å². The second-order valence-electron chi connectivity index (χ2n) is 4.17. The zero-order valence-electron chi connectivity index (χ0n) is 8.77. The van der Waals surface area contributed by atoms with E-state index in [1.807, 2.05) is 11.4 Å². The maximum absolute atomic E-state index is 9.56. The van der Waals surface area contributed by atoms with Crippen LogP contribution in [0.15, 0.2) is 0 Å². The molecule has 0 aromatic carbocycles. The van der Waals surface area contributed by atoms with Crippen LogP contribution in [0.4, 0.5) is 0 Å². The first kappa shape index (κ1) is 9.30. The van der Waals surface area contributed by atoms with Crippen molar-refractivity contribution < 1.29 is 5.11 Å². The van der Waals surface area contributed by atoms with Crippen molar-refractivity contribution in [3.63, 3.8) is 0 Å². The van der Waals surface area contributed by atoms with Gasteiger partial charge in [0.15, 0.2) is 5.82 Å². The molecule has 0 radical (unpaired) electrons. The van der Waals surface area contributed by atoms with Gasteiger partial charge in [0.05, 0.1) is 16.7 Å². The van der Waals surface area contributed by atoms with Crippen LogP contribution in [-0.2, 0) is 0 Å². The molecule has 2 aromatic heterocycles. The van der Waals surface area contributed by atoms with Gasteiger partial charge in [-0.2, -0.15) is 5.10 Å². The Bertz CT molecular complexity index is 510. The molecule has 1 atom stereocenters. The van der Waals surface area contributed by atoms with Crippen molar-refractivity contribution in [2.45, 2.75) is 38.7 Å². The minimum atomic E-state index is -0.428. The fourth-order valence-electron chi connectivity index (χ4n) is 1.78. The lowest BCUT2D eigenvalue weighted by Crippen LogP contribution is -1.95. The SMILES string of the molecule is Cc1c(C(C)O)sc2nc(C3CC3)nn12. The second kappa shape index (κ2) is 3.02. The number of aliphatic hydroxyl groups is 1. The first-order valence-corrected chi connectivity index (χ1v) is 6.02. The van der Waals surface area contributed by atoms with Crippen LogP contribution in [0, 0.1) is 6.92 Å². The highest BCUT2D eigenvalue weighted by Crippen LogP contribution is 2.39. The first-order valence-electron chi connectivity index (χ1n) is 5.21. The summed E-state index contributed by atoms with van der Waals surface area (Å²) in [7, 11) is 0. The normalized spacial score (nSPS) is 18.6. The highest BCUT2D eigenvalue weighted by atomic mass is 32.1. The summed E-state index contributed by atoms with van der Waals surface area (Å²) < 4.78 is 1.86. The Kier molecular flexibility index (Phi) is 1.87. The van der Waals surface area contributed by atoms with Crippen molar-refractivity contribution >= 4 is 16.3 Å². The molecule has 4 nitrogen and oxygen atoms in total. The molecule has 1 aliphatic carbocycles. The topological polar surface area (TPSA) is 50.4 Å². The molecule has 2 aromatic rings. The Morgan fingerprint density at radius 3 is 2.80 bits per heavy atom. The molecule has 15 heavy (non-hydrogen) atoms. The molecule has 5 heteroatoms. The second-order valence-corrected chi connectivity index (χ2v) is 5.18. The molecule has 0 amide bonds. The third-order valence-corrected chi connectivity index (χ3v) is 4.09. The summed E-state index contributed by atoms with van der Waals surface area (Å²) in [6, 6.07) is 0. The Labute approximate surface area is 91.6 Å². The Morgan fingerprint density at radius 1 is 1.53 bits per heavy atom. The third-order valence-electron chi connectivity index (χ3n) is 2.79. The van der Waals surface area contributed by atoms with Crippen LogP contribution in [-0.4, -0.2) is 19.7 Å². The van der Waals surface area contributed by atoms with Gasteiger partial charge in [0.1, 0.15) is 0 Å². The lowest BCUT2D eigenvalue weighted by Gasteiger charge is -2.00. The summed E-state index contributed by atoms with van der Waals surface area (Å²) in [5.74, 6) is 1.56. The summed E-state index contributed by atoms with van der Waals surface area (Å²) in [5.41, 5.74) is 1.02. The van der Waals surface area contributed by atoms with Gasteiger partial charge in [-0.15, -0.1) is 0 Å². The van der Waals surface area contributed by atoms with Crippen molar-refractivity contribution in [2.24, 2.45) is 0 Å². The van der Waals surface area contributed by atoms with E-state index in [0.29, 0.717) is 5.92 Å². The highest BCUT2D eigenvalue weighted by molar-refractivity contribution is 7.17. The molecule has 0 spiro atoms. The van der Waals surface area contributed by atoms with Gasteiger partial charge in [-0.05, 0) is 26.7 Å². The van der Waals surface area contributed by atoms with Gasteiger partial charge in [0.25, 0.3) is 0 Å². The Morgan fingerprint density at radius 2 is 2.27 bits per heavy atom. The van der Waals surface area contributed by atoms with E-state index in [2.05, 4.69) is 10.1 Å². The zero-order chi connectivity index (χ0) is 10.6. The number of aryl methyl sites for hydroxylation is 1. The summed E-state index contributed by atoms with van der Waals surface area (Å²) >= 11 is 1.54. The fraction of sp³-hybridized carbons (Fsp3) is 0.600. The number of aromatic nitrogens is 3. The van der Waals surface area contributed by atoms with Crippen LogP contribution in [0.3, 0.4) is 0 Å². The van der Waals surface area contributed by atoms with Gasteiger partial charge in [-0.3, -0.25) is 0 Å². The smallest absolute Gasteiger partial charge is 0.212 e. The summed E-state index contributed by atoms with van der Waals surface area (Å²) in [6.07, 6.45) is 2.02. The number of aliphatic hydroxyl groups excluding tert-OH is 1. The van der Waals surface area contributed by atoms with Gasteiger partial charge in [0.2, 0.25) is 4.96 Å². The first-order chi connectivity index (χ1) is 7.16. The number of hydrogen-bond acceptors (Lipinski definition) is 4. The molecule has 1 unspecified atom stereocenters. The van der Waals surface area contributed by atoms with Crippen LogP contribution >= 0.6 is 11.3 Å². The zero-order valence-corrected chi connectivity index (χ0v) is 9.58. The van der Waals surface area contributed by atoms with Crippen LogP contribution in [0.2, 0.25) is 0 Å². The van der Waals surface area contributed by atoms with Crippen molar-refractivity contribution in [2.75, 3.05) is 0 Å². The third kappa shape index (κ3) is 1.38. The van der Waals surface area contributed by atoms with Gasteiger partial charge in [-0.1, -0.05) is 11.3 Å². The minimum Gasteiger partial charge on any atom is -0.388 e. The predicted octanol–water partition coefficient (Wildman–Crippen LogP) is 2.03. The maximum atomic E-state index is 9.56. The predicted molar refractivity (Wildman–Crippen MR) is 58.2 cm³/mol. The molecule has 0 aliphatic heterocycles. The monoisotopic (exact) mass is 223 g/mol. The average Bonchev–Trinajstić information content (AvgIpc) is 2.87. The highest BCUT2D eigenvalue weighted by Gasteiger charge is 2.29. The van der Waals surface area contributed by atoms with Crippen molar-refractivity contribution in [3.8, 4) is 0 Å². The molecule has 0 bridgehead atoms. The average molecular weight is 223 g/mol. The lowest BCUT2D eigenvalue weighted by molar-refractivity contribution is 0.202. The summed E-state index contributed by atoms with van der Waals surface area (Å²) in [5, 5.41) is 14.0. The molecule has 1 saturated carbocycles. The molecular formula is C10H13N3OS. The van der Waals surface area contributed by atoms with Gasteiger partial charge in [0, 0.05) is 5.92 Å². The Hall–Kier alpha value is -0.940. The molecule has 80 valence electrons. The molecular weight excluding hydrogens is 210 g/mol. The molecule has 1 N–H and O–H groups in total. The molecule has 3 rings (SSSR count). The fourth-order valence-corrected chi connectivity index (χ4v) is 2.78. The van der Waals surface area contributed by atoms with Gasteiger partial charge in [-0.25, -0.2) is 9.50 Å². The molecule has 2 heterocycles. The van der Waals surface area contributed by atoms with E-state index in [1.54, 1.807) is 6.92 Å². The quantitative estimate of drug-likeness (QED) is 0.847. The lowest BCUT2D eigenvalue weighted by atomic mass is 10.3. The van der Waals surface area contributed by atoms with E-state index >= 15 is 0 Å². The van der Waals surface area contributed by atoms with E-state index in [-0.39, 0.29) is 0 Å². The number of nitrogens with zero attached hydrogens (tertiary/aromatic N) is 3. The molecule has 0 saturated heterocycles. The van der Waals surface area contributed by atoms with Crippen LogP contribution < -0.4 is 0 Å². The largest absolute Gasteiger partial charge is 0.388 e. The molecule has 1 fully saturated rings. The van der Waals surface area contributed by atoms with Gasteiger partial charge >= 0.3 is 0 Å². The van der Waals surface area contributed by atoms with E-state index in [0.717, 1.165) is 21.4 Å². The number of hydrogen-bond donors (Lipinski definition) is 1. The van der Waals surface area contributed by atoms with Crippen molar-refractivity contribution in [1.29, 1.82) is 0 Å². The van der Waals surface area contributed by atoms with Crippen molar-refractivity contribution in [1.82, 2.24) is 14.6 Å². The number of thiazole rings is 1.